The van der Waals surface area contributed by atoms with Crippen LogP contribution >= 0.6 is 23.3 Å². The number of nitrogens with zero attached hydrogens (tertiary/aromatic N) is 1. The molecule has 0 atom stereocenters. The number of hydrogen-bond donors (Lipinski definition) is 3. The number of thiophene rings is 1. The van der Waals surface area contributed by atoms with Crippen molar-refractivity contribution in [2.24, 2.45) is 0 Å². The first-order chi connectivity index (χ1) is 15.9. The van der Waals surface area contributed by atoms with Crippen LogP contribution in [0.25, 0.3) is 11.1 Å². The van der Waals surface area contributed by atoms with E-state index in [0.29, 0.717) is 5.69 Å². The molecule has 33 heavy (non-hydrogen) atoms. The molecule has 0 aliphatic carbocycles. The lowest BCUT2D eigenvalue weighted by atomic mass is 10.1. The number of hydrogen-bond acceptors (Lipinski definition) is 5. The van der Waals surface area contributed by atoms with Crippen LogP contribution in [-0.2, 0) is 6.18 Å². The van der Waals surface area contributed by atoms with Crippen molar-refractivity contribution in [3.05, 3.63) is 89.4 Å². The van der Waals surface area contributed by atoms with E-state index in [-0.39, 0.29) is 5.69 Å². The lowest BCUT2D eigenvalue weighted by Crippen LogP contribution is -2.20. The van der Waals surface area contributed by atoms with Gasteiger partial charge in [0.2, 0.25) is 0 Å². The van der Waals surface area contributed by atoms with Gasteiger partial charge < -0.3 is 15.4 Å². The molecule has 168 valence electrons. The fourth-order valence-corrected chi connectivity index (χ4v) is 4.28. The molecule has 2 amide bonds. The third kappa shape index (κ3) is 6.05. The number of aromatic nitrogens is 1. The van der Waals surface area contributed by atoms with Crippen LogP contribution in [0.5, 0.6) is 0 Å². The van der Waals surface area contributed by atoms with Crippen LogP contribution in [0.2, 0.25) is 0 Å². The molecule has 3 N–H and O–H groups in total. The van der Waals surface area contributed by atoms with E-state index in [1.165, 1.54) is 35.4 Å². The summed E-state index contributed by atoms with van der Waals surface area (Å²) in [6.07, 6.45) is -1.13. The second-order valence-corrected chi connectivity index (χ2v) is 8.48. The van der Waals surface area contributed by atoms with E-state index < -0.39 is 17.8 Å². The fraction of sp³-hybridized carbons (Fsp3) is 0.0435. The molecule has 5 nitrogen and oxygen atoms in total. The summed E-state index contributed by atoms with van der Waals surface area (Å²) in [5, 5.41) is 9.11. The van der Waals surface area contributed by atoms with Crippen LogP contribution in [0.4, 0.5) is 35.0 Å². The predicted octanol–water partition coefficient (Wildman–Crippen LogP) is 7.59. The van der Waals surface area contributed by atoms with E-state index in [1.54, 1.807) is 18.5 Å². The number of benzene rings is 2. The van der Waals surface area contributed by atoms with Gasteiger partial charge in [0.15, 0.2) is 0 Å². The summed E-state index contributed by atoms with van der Waals surface area (Å²) in [6, 6.07) is 15.1. The number of rotatable bonds is 6. The van der Waals surface area contributed by atoms with Crippen LogP contribution in [0.3, 0.4) is 0 Å². The highest BCUT2D eigenvalue weighted by Gasteiger charge is 2.30. The van der Waals surface area contributed by atoms with Crippen molar-refractivity contribution in [3.63, 3.8) is 0 Å². The van der Waals surface area contributed by atoms with Gasteiger partial charge in [-0.05, 0) is 76.8 Å². The molecular weight excluding hydrogens is 469 g/mol. The third-order valence-electron chi connectivity index (χ3n) is 4.47. The molecule has 2 aromatic carbocycles. The van der Waals surface area contributed by atoms with Crippen molar-refractivity contribution in [2.45, 2.75) is 11.1 Å². The molecule has 0 bridgehead atoms. The van der Waals surface area contributed by atoms with E-state index in [1.807, 2.05) is 41.1 Å². The molecule has 2 heterocycles. The standard InChI is InChI=1S/C23H17F3N4OS2/c24-23(25,26)16-3-1-4-17(11-16)28-22(31)29-21-12-19(33-30-18-5-2-9-27-13-18)6-7-20(21)15-8-10-32-14-15/h1-14,30H,(H2,28,29,31). The van der Waals surface area contributed by atoms with Gasteiger partial charge in [-0.25, -0.2) is 4.79 Å². The molecule has 0 aliphatic rings. The van der Waals surface area contributed by atoms with E-state index in [0.717, 1.165) is 33.8 Å². The Morgan fingerprint density at radius 2 is 1.82 bits per heavy atom. The zero-order valence-electron chi connectivity index (χ0n) is 16.9. The quantitative estimate of drug-likeness (QED) is 0.246. The zero-order chi connectivity index (χ0) is 23.3. The minimum absolute atomic E-state index is 0.0446. The van der Waals surface area contributed by atoms with E-state index >= 15 is 0 Å². The van der Waals surface area contributed by atoms with E-state index in [4.69, 9.17) is 0 Å². The maximum Gasteiger partial charge on any atom is 0.416 e. The summed E-state index contributed by atoms with van der Waals surface area (Å²) in [6.45, 7) is 0. The topological polar surface area (TPSA) is 66.1 Å². The summed E-state index contributed by atoms with van der Waals surface area (Å²) < 4.78 is 42.1. The van der Waals surface area contributed by atoms with Crippen LogP contribution in [0, 0.1) is 0 Å². The van der Waals surface area contributed by atoms with Gasteiger partial charge in [-0.2, -0.15) is 24.5 Å². The Morgan fingerprint density at radius 1 is 0.970 bits per heavy atom. The van der Waals surface area contributed by atoms with Crippen molar-refractivity contribution in [1.29, 1.82) is 0 Å². The Kier molecular flexibility index (Phi) is 6.85. The maximum absolute atomic E-state index is 13.0. The monoisotopic (exact) mass is 486 g/mol. The Morgan fingerprint density at radius 3 is 2.55 bits per heavy atom. The van der Waals surface area contributed by atoms with Gasteiger partial charge in [0.25, 0.3) is 0 Å². The Balaban J connectivity index is 1.53. The highest BCUT2D eigenvalue weighted by atomic mass is 32.2. The SMILES string of the molecule is O=C(Nc1cccc(C(F)(F)F)c1)Nc1cc(SNc2cccnc2)ccc1-c1ccsc1. The first-order valence-electron chi connectivity index (χ1n) is 9.63. The second-order valence-electron chi connectivity index (χ2n) is 6.82. The number of nitrogens with one attached hydrogen (secondary N) is 3. The molecule has 0 unspecified atom stereocenters. The average Bonchev–Trinajstić information content (AvgIpc) is 3.33. The average molecular weight is 487 g/mol. The smallest absolute Gasteiger partial charge is 0.324 e. The number of alkyl halides is 3. The molecule has 0 saturated carbocycles. The molecule has 0 fully saturated rings. The number of halogens is 3. The summed E-state index contributed by atoms with van der Waals surface area (Å²) >= 11 is 2.87. The van der Waals surface area contributed by atoms with Crippen LogP contribution in [-0.4, -0.2) is 11.0 Å². The van der Waals surface area contributed by atoms with Gasteiger partial charge in [-0.1, -0.05) is 12.1 Å². The first kappa shape index (κ1) is 22.7. The maximum atomic E-state index is 13.0. The van der Waals surface area contributed by atoms with Gasteiger partial charge in [-0.15, -0.1) is 0 Å². The number of carbonyl (C=O) groups excluding carboxylic acids is 1. The number of pyridine rings is 1. The number of amides is 2. The minimum Gasteiger partial charge on any atom is -0.324 e. The fourth-order valence-electron chi connectivity index (χ4n) is 2.96. The molecule has 0 saturated heterocycles. The van der Waals surface area contributed by atoms with Gasteiger partial charge in [0, 0.05) is 22.3 Å². The van der Waals surface area contributed by atoms with Crippen molar-refractivity contribution in [3.8, 4) is 11.1 Å². The Hall–Kier alpha value is -3.50. The third-order valence-corrected chi connectivity index (χ3v) is 5.98. The van der Waals surface area contributed by atoms with E-state index in [9.17, 15) is 18.0 Å². The van der Waals surface area contributed by atoms with E-state index in [2.05, 4.69) is 20.3 Å². The molecule has 4 rings (SSSR count). The van der Waals surface area contributed by atoms with Gasteiger partial charge >= 0.3 is 12.2 Å². The van der Waals surface area contributed by atoms with Crippen LogP contribution in [0.1, 0.15) is 5.56 Å². The predicted molar refractivity (Wildman–Crippen MR) is 128 cm³/mol. The number of carbonyl (C=O) groups is 1. The molecule has 0 radical (unpaired) electrons. The Labute approximate surface area is 196 Å². The van der Waals surface area contributed by atoms with Crippen molar-refractivity contribution < 1.29 is 18.0 Å². The molecule has 0 spiro atoms. The molecule has 2 aromatic heterocycles. The highest BCUT2D eigenvalue weighted by molar-refractivity contribution is 8.00. The normalized spacial score (nSPS) is 11.1. The van der Waals surface area contributed by atoms with Crippen LogP contribution in [0.15, 0.2) is 88.7 Å². The van der Waals surface area contributed by atoms with Crippen molar-refractivity contribution >= 4 is 46.4 Å². The van der Waals surface area contributed by atoms with Gasteiger partial charge in [0.1, 0.15) is 0 Å². The van der Waals surface area contributed by atoms with Gasteiger partial charge in [0.05, 0.1) is 23.1 Å². The largest absolute Gasteiger partial charge is 0.416 e. The number of anilines is 3. The Bertz CT molecular complexity index is 1230. The molecule has 4 aromatic rings. The number of urea groups is 1. The summed E-state index contributed by atoms with van der Waals surface area (Å²) in [5.74, 6) is 0. The van der Waals surface area contributed by atoms with Crippen molar-refractivity contribution in [2.75, 3.05) is 15.4 Å². The lowest BCUT2D eigenvalue weighted by molar-refractivity contribution is -0.137. The van der Waals surface area contributed by atoms with Gasteiger partial charge in [-0.3, -0.25) is 4.98 Å². The first-order valence-corrected chi connectivity index (χ1v) is 11.4. The molecule has 10 heteroatoms. The summed E-state index contributed by atoms with van der Waals surface area (Å²) in [5.41, 5.74) is 2.27. The molecule has 0 aliphatic heterocycles. The summed E-state index contributed by atoms with van der Waals surface area (Å²) in [7, 11) is 0. The molecular formula is C23H17F3N4OS2. The zero-order valence-corrected chi connectivity index (χ0v) is 18.5. The minimum atomic E-state index is -4.49. The lowest BCUT2D eigenvalue weighted by Gasteiger charge is -2.14. The summed E-state index contributed by atoms with van der Waals surface area (Å²) in [4.78, 5) is 17.5. The van der Waals surface area contributed by atoms with Crippen LogP contribution < -0.4 is 15.4 Å². The van der Waals surface area contributed by atoms with Crippen molar-refractivity contribution in [1.82, 2.24) is 4.98 Å². The highest BCUT2D eigenvalue weighted by Crippen LogP contribution is 2.34. The second kappa shape index (κ2) is 9.97.